The summed E-state index contributed by atoms with van der Waals surface area (Å²) < 4.78 is 1.83. The Bertz CT molecular complexity index is 1000. The minimum atomic E-state index is 0.381. The molecule has 0 spiro atoms. The van der Waals surface area contributed by atoms with Crippen molar-refractivity contribution in [1.29, 1.82) is 0 Å². The van der Waals surface area contributed by atoms with E-state index < -0.39 is 0 Å². The van der Waals surface area contributed by atoms with Crippen LogP contribution in [0, 0.1) is 13.8 Å². The third-order valence-electron chi connectivity index (χ3n) is 3.48. The highest BCUT2D eigenvalue weighted by molar-refractivity contribution is 7.15. The second-order valence-electron chi connectivity index (χ2n) is 5.36. The van der Waals surface area contributed by atoms with Crippen LogP contribution in [0.1, 0.15) is 11.4 Å². The lowest BCUT2D eigenvalue weighted by Gasteiger charge is -2.02. The SMILES string of the molecule is Cc1ccc(-c2csc3nc(Nc4cc(Cl)nc(C)n4)nn23)cc1. The Morgan fingerprint density at radius 1 is 1.08 bits per heavy atom. The minimum Gasteiger partial charge on any atom is -0.307 e. The van der Waals surface area contributed by atoms with Gasteiger partial charge in [0.05, 0.1) is 5.69 Å². The van der Waals surface area contributed by atoms with Gasteiger partial charge in [-0.3, -0.25) is 0 Å². The number of anilines is 2. The molecule has 24 heavy (non-hydrogen) atoms. The molecule has 0 aliphatic heterocycles. The van der Waals surface area contributed by atoms with E-state index >= 15 is 0 Å². The van der Waals surface area contributed by atoms with Gasteiger partial charge in [0.2, 0.25) is 10.9 Å². The average molecular weight is 357 g/mol. The van der Waals surface area contributed by atoms with Gasteiger partial charge in [-0.15, -0.1) is 16.4 Å². The highest BCUT2D eigenvalue weighted by Crippen LogP contribution is 2.26. The van der Waals surface area contributed by atoms with Gasteiger partial charge in [0.15, 0.2) is 0 Å². The van der Waals surface area contributed by atoms with Gasteiger partial charge in [0, 0.05) is 17.0 Å². The van der Waals surface area contributed by atoms with Crippen LogP contribution in [0.4, 0.5) is 11.8 Å². The van der Waals surface area contributed by atoms with Crippen LogP contribution in [0.5, 0.6) is 0 Å². The summed E-state index contributed by atoms with van der Waals surface area (Å²) in [5.74, 6) is 1.64. The van der Waals surface area contributed by atoms with Crippen LogP contribution in [-0.4, -0.2) is 24.6 Å². The fraction of sp³-hybridized carbons (Fsp3) is 0.125. The van der Waals surface area contributed by atoms with E-state index in [1.807, 2.05) is 4.52 Å². The van der Waals surface area contributed by atoms with E-state index in [1.165, 1.54) is 5.56 Å². The van der Waals surface area contributed by atoms with Gasteiger partial charge in [-0.05, 0) is 13.8 Å². The van der Waals surface area contributed by atoms with Gasteiger partial charge in [-0.2, -0.15) is 4.98 Å². The molecule has 0 atom stereocenters. The first-order chi connectivity index (χ1) is 11.6. The molecule has 0 aliphatic carbocycles. The summed E-state index contributed by atoms with van der Waals surface area (Å²) >= 11 is 7.50. The van der Waals surface area contributed by atoms with Crippen LogP contribution in [0.15, 0.2) is 35.7 Å². The van der Waals surface area contributed by atoms with E-state index in [4.69, 9.17) is 11.6 Å². The van der Waals surface area contributed by atoms with Crippen molar-refractivity contribution in [1.82, 2.24) is 24.6 Å². The van der Waals surface area contributed by atoms with Crippen LogP contribution >= 0.6 is 22.9 Å². The van der Waals surface area contributed by atoms with Crippen molar-refractivity contribution in [3.05, 3.63) is 52.3 Å². The normalized spacial score (nSPS) is 11.1. The zero-order valence-electron chi connectivity index (χ0n) is 13.0. The van der Waals surface area contributed by atoms with E-state index in [9.17, 15) is 0 Å². The van der Waals surface area contributed by atoms with E-state index in [2.05, 4.69) is 61.9 Å². The fourth-order valence-electron chi connectivity index (χ4n) is 2.37. The predicted octanol–water partition coefficient (Wildman–Crippen LogP) is 4.26. The summed E-state index contributed by atoms with van der Waals surface area (Å²) in [5.41, 5.74) is 3.33. The van der Waals surface area contributed by atoms with Gasteiger partial charge >= 0.3 is 0 Å². The van der Waals surface area contributed by atoms with Gasteiger partial charge in [-0.25, -0.2) is 14.5 Å². The van der Waals surface area contributed by atoms with Gasteiger partial charge < -0.3 is 5.32 Å². The summed E-state index contributed by atoms with van der Waals surface area (Å²) in [4.78, 5) is 13.6. The number of aromatic nitrogens is 5. The van der Waals surface area contributed by atoms with Crippen LogP contribution in [0.25, 0.3) is 16.2 Å². The molecular weight excluding hydrogens is 344 g/mol. The molecule has 0 saturated carbocycles. The molecule has 8 heteroatoms. The average Bonchev–Trinajstić information content (AvgIpc) is 3.07. The van der Waals surface area contributed by atoms with Crippen molar-refractivity contribution in [3.63, 3.8) is 0 Å². The quantitative estimate of drug-likeness (QED) is 0.555. The third-order valence-corrected chi connectivity index (χ3v) is 4.49. The van der Waals surface area contributed by atoms with E-state index in [1.54, 1.807) is 24.3 Å². The molecule has 0 saturated heterocycles. The van der Waals surface area contributed by atoms with Crippen LogP contribution in [0.3, 0.4) is 0 Å². The number of thiazole rings is 1. The summed E-state index contributed by atoms with van der Waals surface area (Å²) in [5, 5.41) is 10.0. The Labute approximate surface area is 147 Å². The first-order valence-corrected chi connectivity index (χ1v) is 8.54. The molecule has 3 heterocycles. The Hall–Kier alpha value is -2.51. The molecule has 0 radical (unpaired) electrons. The maximum Gasteiger partial charge on any atom is 0.249 e. The second kappa shape index (κ2) is 5.85. The molecule has 4 aromatic rings. The monoisotopic (exact) mass is 356 g/mol. The third kappa shape index (κ3) is 2.83. The smallest absolute Gasteiger partial charge is 0.249 e. The summed E-state index contributed by atoms with van der Waals surface area (Å²) in [6.07, 6.45) is 0. The minimum absolute atomic E-state index is 0.381. The fourth-order valence-corrected chi connectivity index (χ4v) is 3.42. The number of hydrogen-bond donors (Lipinski definition) is 1. The number of fused-ring (bicyclic) bond motifs is 1. The molecule has 1 aromatic carbocycles. The van der Waals surface area contributed by atoms with Crippen LogP contribution < -0.4 is 5.32 Å². The lowest BCUT2D eigenvalue weighted by atomic mass is 10.1. The molecule has 3 aromatic heterocycles. The molecule has 0 fully saturated rings. The summed E-state index contributed by atoms with van der Waals surface area (Å²) in [6.45, 7) is 3.85. The number of halogens is 1. The van der Waals surface area contributed by atoms with E-state index in [0.29, 0.717) is 22.7 Å². The molecule has 0 bridgehead atoms. The molecular formula is C16H13ClN6S. The number of nitrogens with one attached hydrogen (secondary N) is 1. The van der Waals surface area contributed by atoms with Crippen LogP contribution in [-0.2, 0) is 0 Å². The number of rotatable bonds is 3. The molecule has 0 unspecified atom stereocenters. The predicted molar refractivity (Wildman–Crippen MR) is 96.1 cm³/mol. The molecule has 6 nitrogen and oxygen atoms in total. The highest BCUT2D eigenvalue weighted by Gasteiger charge is 2.12. The number of aryl methyl sites for hydroxylation is 2. The van der Waals surface area contributed by atoms with Crippen molar-refractivity contribution in [3.8, 4) is 11.3 Å². The Kier molecular flexibility index (Phi) is 3.66. The molecule has 4 rings (SSSR count). The largest absolute Gasteiger partial charge is 0.307 e. The van der Waals surface area contributed by atoms with Gasteiger partial charge in [0.1, 0.15) is 16.8 Å². The van der Waals surface area contributed by atoms with Crippen LogP contribution in [0.2, 0.25) is 5.15 Å². The Balaban J connectivity index is 1.70. The van der Waals surface area contributed by atoms with E-state index in [0.717, 1.165) is 16.2 Å². The lowest BCUT2D eigenvalue weighted by Crippen LogP contribution is -1.99. The Morgan fingerprint density at radius 2 is 1.88 bits per heavy atom. The topological polar surface area (TPSA) is 68.0 Å². The number of benzene rings is 1. The summed E-state index contributed by atoms with van der Waals surface area (Å²) in [6, 6.07) is 9.98. The van der Waals surface area contributed by atoms with E-state index in [-0.39, 0.29) is 0 Å². The number of nitrogens with zero attached hydrogens (tertiary/aromatic N) is 5. The molecule has 0 aliphatic rings. The zero-order chi connectivity index (χ0) is 16.7. The van der Waals surface area contributed by atoms with Gasteiger partial charge in [-0.1, -0.05) is 41.4 Å². The first kappa shape index (κ1) is 15.0. The molecule has 120 valence electrons. The first-order valence-electron chi connectivity index (χ1n) is 7.28. The lowest BCUT2D eigenvalue weighted by molar-refractivity contribution is 0.983. The van der Waals surface area contributed by atoms with Crippen molar-refractivity contribution in [2.75, 3.05) is 5.32 Å². The standard InChI is InChI=1S/C16H13ClN6S/c1-9-3-5-11(6-4-9)12-8-24-16-21-15(22-23(12)16)20-14-7-13(17)18-10(2)19-14/h3-8H,1-2H3,(H,18,19,20,22). The number of hydrogen-bond acceptors (Lipinski definition) is 6. The molecule has 0 amide bonds. The zero-order valence-corrected chi connectivity index (χ0v) is 14.6. The Morgan fingerprint density at radius 3 is 2.62 bits per heavy atom. The maximum absolute atomic E-state index is 5.96. The maximum atomic E-state index is 5.96. The molecule has 1 N–H and O–H groups in total. The summed E-state index contributed by atoms with van der Waals surface area (Å²) in [7, 11) is 0. The van der Waals surface area contributed by atoms with Crippen molar-refractivity contribution in [2.24, 2.45) is 0 Å². The van der Waals surface area contributed by atoms with Crippen molar-refractivity contribution >= 4 is 39.7 Å². The highest BCUT2D eigenvalue weighted by atomic mass is 35.5. The van der Waals surface area contributed by atoms with Crippen molar-refractivity contribution in [2.45, 2.75) is 13.8 Å². The van der Waals surface area contributed by atoms with Crippen molar-refractivity contribution < 1.29 is 0 Å². The second-order valence-corrected chi connectivity index (χ2v) is 6.59. The van der Waals surface area contributed by atoms with Gasteiger partial charge in [0.25, 0.3) is 0 Å².